The van der Waals surface area contributed by atoms with Crippen LogP contribution in [0, 0.1) is 0 Å². The first-order valence-electron chi connectivity index (χ1n) is 5.02. The average Bonchev–Trinajstić information content (AvgIpc) is 2.10. The number of ether oxygens (including phenoxy) is 1. The van der Waals surface area contributed by atoms with E-state index in [4.69, 9.17) is 4.74 Å². The van der Waals surface area contributed by atoms with E-state index in [1.165, 1.54) is 0 Å². The lowest BCUT2D eigenvalue weighted by Crippen LogP contribution is -2.24. The van der Waals surface area contributed by atoms with Crippen LogP contribution in [0.5, 0.6) is 0 Å². The molecule has 0 aromatic heterocycles. The number of unbranched alkanes of at least 4 members (excludes halogenated alkanes) is 1. The predicted molar refractivity (Wildman–Crippen MR) is 49.2 cm³/mol. The van der Waals surface area contributed by atoms with Gasteiger partial charge in [0.25, 0.3) is 0 Å². The smallest absolute Gasteiger partial charge is 0.0576 e. The van der Waals surface area contributed by atoms with Crippen molar-refractivity contribution in [2.45, 2.75) is 52.1 Å². The molecule has 0 aliphatic heterocycles. The highest BCUT2D eigenvalue weighted by Gasteiger charge is 2.05. The van der Waals surface area contributed by atoms with Crippen LogP contribution in [0.15, 0.2) is 0 Å². The fourth-order valence-electron chi connectivity index (χ4n) is 1.08. The highest BCUT2D eigenvalue weighted by Crippen LogP contribution is 2.07. The fraction of sp³-hybridized carbons (Fsp3) is 0.900. The summed E-state index contributed by atoms with van der Waals surface area (Å²) in [6, 6.07) is 0. The molecule has 0 rings (SSSR count). The third kappa shape index (κ3) is 7.78. The zero-order chi connectivity index (χ0) is 10.1. The molecule has 1 atom stereocenters. The summed E-state index contributed by atoms with van der Waals surface area (Å²) in [6.07, 6.45) is 3.78. The maximum atomic E-state index is 10.2. The van der Waals surface area contributed by atoms with Crippen molar-refractivity contribution in [3.05, 3.63) is 0 Å². The first-order chi connectivity index (χ1) is 6.20. The van der Waals surface area contributed by atoms with E-state index in [1.807, 2.05) is 6.92 Å². The first-order valence-corrected chi connectivity index (χ1v) is 5.02. The molecule has 1 unspecified atom stereocenters. The lowest BCUT2D eigenvalue weighted by Gasteiger charge is -2.15. The van der Waals surface area contributed by atoms with Crippen molar-refractivity contribution in [3.8, 4) is 0 Å². The van der Waals surface area contributed by atoms with Crippen LogP contribution in [0.4, 0.5) is 0 Å². The molecule has 78 valence electrons. The molecular formula is C10H19O3-. The molecule has 0 saturated heterocycles. The number of hydrogen-bond donors (Lipinski definition) is 0. The standard InChI is InChI=1S/C10H20O3/c1-3-5-8-13-9(4-2)6-7-10(11)12/h9H,3-8H2,1-2H3,(H,11,12)/p-1. The number of rotatable bonds is 8. The van der Waals surface area contributed by atoms with Gasteiger partial charge in [-0.05, 0) is 25.7 Å². The van der Waals surface area contributed by atoms with Crippen LogP contribution in [-0.2, 0) is 9.53 Å². The number of carboxylic acid groups (broad SMARTS) is 1. The molecule has 3 heteroatoms. The molecule has 0 saturated carbocycles. The highest BCUT2D eigenvalue weighted by molar-refractivity contribution is 5.64. The van der Waals surface area contributed by atoms with E-state index in [9.17, 15) is 9.90 Å². The normalized spacial score (nSPS) is 12.8. The first kappa shape index (κ1) is 12.4. The summed E-state index contributed by atoms with van der Waals surface area (Å²) in [5.74, 6) is -0.988. The van der Waals surface area contributed by atoms with Crippen LogP contribution in [0.1, 0.15) is 46.0 Å². The van der Waals surface area contributed by atoms with E-state index in [2.05, 4.69) is 6.92 Å². The molecule has 0 N–H and O–H groups in total. The monoisotopic (exact) mass is 187 g/mol. The Morgan fingerprint density at radius 3 is 2.62 bits per heavy atom. The molecule has 0 fully saturated rings. The summed E-state index contributed by atoms with van der Waals surface area (Å²) in [5.41, 5.74) is 0. The Bertz CT molecular complexity index is 134. The zero-order valence-corrected chi connectivity index (χ0v) is 8.54. The topological polar surface area (TPSA) is 49.4 Å². The lowest BCUT2D eigenvalue weighted by atomic mass is 10.1. The van der Waals surface area contributed by atoms with E-state index < -0.39 is 5.97 Å². The number of carboxylic acids is 1. The summed E-state index contributed by atoms with van der Waals surface area (Å²) in [7, 11) is 0. The summed E-state index contributed by atoms with van der Waals surface area (Å²) in [4.78, 5) is 10.2. The maximum Gasteiger partial charge on any atom is 0.0576 e. The van der Waals surface area contributed by atoms with Crippen LogP contribution >= 0.6 is 0 Å². The molecule has 0 heterocycles. The molecule has 0 bridgehead atoms. The average molecular weight is 187 g/mol. The Labute approximate surface area is 80.1 Å². The predicted octanol–water partition coefficient (Wildman–Crippen LogP) is 1.11. The Kier molecular flexibility index (Phi) is 7.69. The largest absolute Gasteiger partial charge is 0.550 e. The Morgan fingerprint density at radius 1 is 1.46 bits per heavy atom. The van der Waals surface area contributed by atoms with Crippen LogP contribution in [0.3, 0.4) is 0 Å². The van der Waals surface area contributed by atoms with Crippen molar-refractivity contribution in [2.75, 3.05) is 6.61 Å². The molecule has 13 heavy (non-hydrogen) atoms. The number of carbonyl (C=O) groups is 1. The van der Waals surface area contributed by atoms with Gasteiger partial charge in [0, 0.05) is 12.6 Å². The van der Waals surface area contributed by atoms with Crippen LogP contribution < -0.4 is 5.11 Å². The van der Waals surface area contributed by atoms with Crippen molar-refractivity contribution >= 4 is 5.97 Å². The third-order valence-electron chi connectivity index (χ3n) is 1.98. The van der Waals surface area contributed by atoms with E-state index in [-0.39, 0.29) is 12.5 Å². The SMILES string of the molecule is CCCCOC(CC)CCC(=O)[O-]. The van der Waals surface area contributed by atoms with Crippen LogP contribution in [-0.4, -0.2) is 18.7 Å². The van der Waals surface area contributed by atoms with Crippen molar-refractivity contribution in [1.82, 2.24) is 0 Å². The number of carbonyl (C=O) groups excluding carboxylic acids is 1. The van der Waals surface area contributed by atoms with Gasteiger partial charge in [-0.2, -0.15) is 0 Å². The summed E-state index contributed by atoms with van der Waals surface area (Å²) >= 11 is 0. The number of aliphatic carboxylic acids is 1. The van der Waals surface area contributed by atoms with Gasteiger partial charge in [-0.1, -0.05) is 20.3 Å². The van der Waals surface area contributed by atoms with Gasteiger partial charge in [-0.3, -0.25) is 0 Å². The second kappa shape index (κ2) is 8.05. The highest BCUT2D eigenvalue weighted by atomic mass is 16.5. The minimum absolute atomic E-state index is 0.0875. The quantitative estimate of drug-likeness (QED) is 0.535. The molecule has 0 spiro atoms. The van der Waals surface area contributed by atoms with Gasteiger partial charge in [0.15, 0.2) is 0 Å². The van der Waals surface area contributed by atoms with E-state index in [1.54, 1.807) is 0 Å². The molecule has 0 radical (unpaired) electrons. The van der Waals surface area contributed by atoms with Crippen LogP contribution in [0.25, 0.3) is 0 Å². The summed E-state index contributed by atoms with van der Waals surface area (Å²) in [5, 5.41) is 10.2. The summed E-state index contributed by atoms with van der Waals surface area (Å²) in [6.45, 7) is 4.85. The van der Waals surface area contributed by atoms with Gasteiger partial charge >= 0.3 is 0 Å². The van der Waals surface area contributed by atoms with Crippen LogP contribution in [0.2, 0.25) is 0 Å². The molecule has 3 nitrogen and oxygen atoms in total. The molecule has 0 amide bonds. The summed E-state index contributed by atoms with van der Waals surface area (Å²) < 4.78 is 5.49. The van der Waals surface area contributed by atoms with Gasteiger partial charge in [0.05, 0.1) is 6.10 Å². The zero-order valence-electron chi connectivity index (χ0n) is 8.54. The molecule has 0 aromatic carbocycles. The maximum absolute atomic E-state index is 10.2. The van der Waals surface area contributed by atoms with Crippen molar-refractivity contribution in [3.63, 3.8) is 0 Å². The minimum atomic E-state index is -0.988. The Hall–Kier alpha value is -0.570. The van der Waals surface area contributed by atoms with E-state index in [0.717, 1.165) is 25.9 Å². The fourth-order valence-corrected chi connectivity index (χ4v) is 1.08. The van der Waals surface area contributed by atoms with Gasteiger partial charge in [-0.25, -0.2) is 0 Å². The third-order valence-corrected chi connectivity index (χ3v) is 1.98. The second-order valence-electron chi connectivity index (χ2n) is 3.17. The van der Waals surface area contributed by atoms with Gasteiger partial charge < -0.3 is 14.6 Å². The molecular weight excluding hydrogens is 168 g/mol. The molecule has 0 aromatic rings. The van der Waals surface area contributed by atoms with Crippen molar-refractivity contribution in [2.24, 2.45) is 0 Å². The van der Waals surface area contributed by atoms with E-state index in [0.29, 0.717) is 6.42 Å². The Morgan fingerprint density at radius 2 is 2.15 bits per heavy atom. The van der Waals surface area contributed by atoms with Crippen molar-refractivity contribution in [1.29, 1.82) is 0 Å². The van der Waals surface area contributed by atoms with E-state index >= 15 is 0 Å². The number of hydrogen-bond acceptors (Lipinski definition) is 3. The second-order valence-corrected chi connectivity index (χ2v) is 3.17. The lowest BCUT2D eigenvalue weighted by molar-refractivity contribution is -0.306. The van der Waals surface area contributed by atoms with Crippen molar-refractivity contribution < 1.29 is 14.6 Å². The Balaban J connectivity index is 3.45. The van der Waals surface area contributed by atoms with Gasteiger partial charge in [0.1, 0.15) is 0 Å². The van der Waals surface area contributed by atoms with Gasteiger partial charge in [0.2, 0.25) is 0 Å². The minimum Gasteiger partial charge on any atom is -0.550 e. The molecule has 0 aliphatic rings. The molecule has 0 aliphatic carbocycles. The van der Waals surface area contributed by atoms with Gasteiger partial charge in [-0.15, -0.1) is 0 Å².